The maximum Gasteiger partial charge on any atom is 0.326 e. The number of carbonyl (C=O) groups is 2. The molecule has 27 heavy (non-hydrogen) atoms. The summed E-state index contributed by atoms with van der Waals surface area (Å²) in [5.74, 6) is -0.481. The summed E-state index contributed by atoms with van der Waals surface area (Å²) in [6.07, 6.45) is 4.61. The van der Waals surface area contributed by atoms with Crippen molar-refractivity contribution in [3.8, 4) is 0 Å². The van der Waals surface area contributed by atoms with Crippen LogP contribution in [0.2, 0.25) is 5.02 Å². The molecule has 0 heterocycles. The molecule has 3 rings (SSSR count). The average molecular weight is 386 g/mol. The third-order valence-corrected chi connectivity index (χ3v) is 5.16. The van der Waals surface area contributed by atoms with Crippen molar-refractivity contribution in [1.29, 1.82) is 0 Å². The first kappa shape index (κ1) is 19.4. The second kappa shape index (κ2) is 9.56. The fourth-order valence-corrected chi connectivity index (χ4v) is 3.56. The Bertz CT molecular complexity index is 755. The lowest BCUT2D eigenvalue weighted by molar-refractivity contribution is -0.148. The Labute approximate surface area is 164 Å². The highest BCUT2D eigenvalue weighted by Gasteiger charge is 2.23. The van der Waals surface area contributed by atoms with Crippen LogP contribution in [-0.2, 0) is 14.3 Å². The van der Waals surface area contributed by atoms with E-state index in [1.165, 1.54) is 6.42 Å². The molecule has 0 unspecified atom stereocenters. The summed E-state index contributed by atoms with van der Waals surface area (Å²) in [6.45, 7) is -0.119. The normalized spacial score (nSPS) is 15.7. The fourth-order valence-electron chi connectivity index (χ4n) is 3.44. The number of halogens is 1. The van der Waals surface area contributed by atoms with E-state index in [9.17, 15) is 9.59 Å². The average Bonchev–Trinajstić information content (AvgIpc) is 2.72. The van der Waals surface area contributed by atoms with Gasteiger partial charge in [0.1, 0.15) is 6.54 Å². The molecular formula is C22H24ClNO3. The van der Waals surface area contributed by atoms with Crippen LogP contribution in [0.4, 0.5) is 0 Å². The zero-order valence-corrected chi connectivity index (χ0v) is 16.0. The lowest BCUT2D eigenvalue weighted by atomic mass is 9.89. The number of hydrogen-bond donors (Lipinski definition) is 1. The van der Waals surface area contributed by atoms with Crippen molar-refractivity contribution in [1.82, 2.24) is 5.32 Å². The molecule has 0 spiro atoms. The van der Waals surface area contributed by atoms with Gasteiger partial charge in [-0.1, -0.05) is 73.3 Å². The summed E-state index contributed by atoms with van der Waals surface area (Å²) in [4.78, 5) is 24.6. The zero-order valence-electron chi connectivity index (χ0n) is 15.2. The molecule has 0 saturated heterocycles. The number of nitrogens with one attached hydrogen (secondary N) is 1. The maximum absolute atomic E-state index is 12.4. The van der Waals surface area contributed by atoms with E-state index >= 15 is 0 Å². The van der Waals surface area contributed by atoms with E-state index in [0.29, 0.717) is 5.02 Å². The van der Waals surface area contributed by atoms with Gasteiger partial charge in [-0.15, -0.1) is 0 Å². The van der Waals surface area contributed by atoms with E-state index < -0.39 is 12.1 Å². The number of esters is 1. The number of hydrogen-bond acceptors (Lipinski definition) is 3. The molecule has 0 bridgehead atoms. The summed E-state index contributed by atoms with van der Waals surface area (Å²) >= 11 is 5.97. The van der Waals surface area contributed by atoms with Gasteiger partial charge in [0.25, 0.3) is 0 Å². The molecule has 2 aromatic rings. The van der Waals surface area contributed by atoms with Crippen molar-refractivity contribution in [3.63, 3.8) is 0 Å². The smallest absolute Gasteiger partial charge is 0.326 e. The second-order valence-corrected chi connectivity index (χ2v) is 7.32. The van der Waals surface area contributed by atoms with E-state index in [1.54, 1.807) is 12.1 Å². The minimum atomic E-state index is -0.539. The van der Waals surface area contributed by atoms with Gasteiger partial charge in [-0.2, -0.15) is 0 Å². The van der Waals surface area contributed by atoms with Crippen LogP contribution >= 0.6 is 11.6 Å². The highest BCUT2D eigenvalue weighted by molar-refractivity contribution is 6.30. The van der Waals surface area contributed by atoms with Gasteiger partial charge in [-0.05, 0) is 36.1 Å². The summed E-state index contributed by atoms with van der Waals surface area (Å²) in [6, 6.07) is 16.8. The maximum atomic E-state index is 12.4. The van der Waals surface area contributed by atoms with Crippen LogP contribution in [0, 0.1) is 5.92 Å². The number of carbonyl (C=O) groups excluding carboxylic acids is 2. The second-order valence-electron chi connectivity index (χ2n) is 6.88. The van der Waals surface area contributed by atoms with Crippen molar-refractivity contribution in [2.24, 2.45) is 5.92 Å². The van der Waals surface area contributed by atoms with Gasteiger partial charge in [0.15, 0.2) is 6.10 Å². The van der Waals surface area contributed by atoms with Gasteiger partial charge in [-0.3, -0.25) is 9.59 Å². The minimum Gasteiger partial charge on any atom is -0.451 e. The van der Waals surface area contributed by atoms with Crippen LogP contribution in [0.15, 0.2) is 54.6 Å². The van der Waals surface area contributed by atoms with Crippen LogP contribution in [0.25, 0.3) is 0 Å². The predicted molar refractivity (Wildman–Crippen MR) is 105 cm³/mol. The van der Waals surface area contributed by atoms with Crippen molar-refractivity contribution in [2.75, 3.05) is 6.54 Å². The van der Waals surface area contributed by atoms with Gasteiger partial charge >= 0.3 is 5.97 Å². The van der Waals surface area contributed by atoms with Crippen LogP contribution in [0.5, 0.6) is 0 Å². The van der Waals surface area contributed by atoms with E-state index in [4.69, 9.17) is 16.3 Å². The Hall–Kier alpha value is -2.33. The minimum absolute atomic E-state index is 0.0211. The third-order valence-electron chi connectivity index (χ3n) is 4.91. The number of ether oxygens (including phenoxy) is 1. The molecule has 142 valence electrons. The molecule has 1 amide bonds. The Morgan fingerprint density at radius 2 is 1.59 bits per heavy atom. The first-order valence-electron chi connectivity index (χ1n) is 9.41. The highest BCUT2D eigenvalue weighted by atomic mass is 35.5. The van der Waals surface area contributed by atoms with Crippen molar-refractivity contribution >= 4 is 23.5 Å². The van der Waals surface area contributed by atoms with Gasteiger partial charge in [0.05, 0.1) is 0 Å². The van der Waals surface area contributed by atoms with Gasteiger partial charge < -0.3 is 10.1 Å². The highest BCUT2D eigenvalue weighted by Crippen LogP contribution is 2.27. The van der Waals surface area contributed by atoms with Crippen molar-refractivity contribution in [3.05, 3.63) is 70.7 Å². The molecule has 1 saturated carbocycles. The summed E-state index contributed by atoms with van der Waals surface area (Å²) in [7, 11) is 0. The number of rotatable bonds is 6. The van der Waals surface area contributed by atoms with Crippen LogP contribution in [0.3, 0.4) is 0 Å². The lowest BCUT2D eigenvalue weighted by Crippen LogP contribution is -2.36. The van der Waals surface area contributed by atoms with Gasteiger partial charge in [-0.25, -0.2) is 0 Å². The van der Waals surface area contributed by atoms with E-state index in [2.05, 4.69) is 5.32 Å². The SMILES string of the molecule is O=C(CNC(=O)C1CCCCC1)O[C@@H](c1ccccc1)c1ccc(Cl)cc1. The largest absolute Gasteiger partial charge is 0.451 e. The van der Waals surface area contributed by atoms with E-state index in [-0.39, 0.29) is 18.4 Å². The number of benzene rings is 2. The molecule has 1 aliphatic rings. The quantitative estimate of drug-likeness (QED) is 0.735. The monoisotopic (exact) mass is 385 g/mol. The van der Waals surface area contributed by atoms with Crippen molar-refractivity contribution < 1.29 is 14.3 Å². The summed E-state index contributed by atoms with van der Waals surface area (Å²) < 4.78 is 5.70. The summed E-state index contributed by atoms with van der Waals surface area (Å²) in [5, 5.41) is 3.36. The first-order chi connectivity index (χ1) is 13.1. The molecule has 1 fully saturated rings. The van der Waals surface area contributed by atoms with E-state index in [1.807, 2.05) is 42.5 Å². The Morgan fingerprint density at radius 1 is 0.963 bits per heavy atom. The molecule has 1 N–H and O–H groups in total. The van der Waals surface area contributed by atoms with Crippen LogP contribution < -0.4 is 5.32 Å². The molecule has 2 aromatic carbocycles. The van der Waals surface area contributed by atoms with Gasteiger partial charge in [0.2, 0.25) is 5.91 Å². The summed E-state index contributed by atoms with van der Waals surface area (Å²) in [5.41, 5.74) is 1.70. The first-order valence-corrected chi connectivity index (χ1v) is 9.79. The van der Waals surface area contributed by atoms with Crippen molar-refractivity contribution in [2.45, 2.75) is 38.2 Å². The lowest BCUT2D eigenvalue weighted by Gasteiger charge is -2.22. The van der Waals surface area contributed by atoms with Gasteiger partial charge in [0, 0.05) is 10.9 Å². The Morgan fingerprint density at radius 3 is 2.26 bits per heavy atom. The predicted octanol–water partition coefficient (Wildman–Crippen LogP) is 4.67. The van der Waals surface area contributed by atoms with Crippen LogP contribution in [-0.4, -0.2) is 18.4 Å². The topological polar surface area (TPSA) is 55.4 Å². The number of amides is 1. The molecule has 1 aliphatic carbocycles. The molecule has 0 aromatic heterocycles. The van der Waals surface area contributed by atoms with Crippen LogP contribution in [0.1, 0.15) is 49.3 Å². The molecule has 0 radical (unpaired) electrons. The third kappa shape index (κ3) is 5.57. The van der Waals surface area contributed by atoms with E-state index in [0.717, 1.165) is 36.8 Å². The molecule has 5 heteroatoms. The zero-order chi connectivity index (χ0) is 19.1. The Balaban J connectivity index is 1.64. The molecule has 4 nitrogen and oxygen atoms in total. The molecule has 0 aliphatic heterocycles. The molecular weight excluding hydrogens is 362 g/mol. The standard InChI is InChI=1S/C22H24ClNO3/c23-19-13-11-17(12-14-19)21(16-7-3-1-4-8-16)27-20(25)15-24-22(26)18-9-5-2-6-10-18/h1,3-4,7-8,11-14,18,21H,2,5-6,9-10,15H2,(H,24,26)/t21-/m0/s1. The molecule has 1 atom stereocenters. The fraction of sp³-hybridized carbons (Fsp3) is 0.364. The Kier molecular flexibility index (Phi) is 6.88.